The van der Waals surface area contributed by atoms with Crippen molar-refractivity contribution in [1.29, 1.82) is 0 Å². The fourth-order valence-electron chi connectivity index (χ4n) is 2.58. The fraction of sp³-hybridized carbons (Fsp3) is 0.600. The van der Waals surface area contributed by atoms with E-state index < -0.39 is 0 Å². The highest BCUT2D eigenvalue weighted by Crippen LogP contribution is 2.31. The van der Waals surface area contributed by atoms with Crippen molar-refractivity contribution in [2.24, 2.45) is 0 Å². The van der Waals surface area contributed by atoms with Crippen molar-refractivity contribution in [3.8, 4) is 0 Å². The Hall–Kier alpha value is -1.84. The zero-order valence-electron chi connectivity index (χ0n) is 13.7. The van der Waals surface area contributed by atoms with Gasteiger partial charge in [0.25, 0.3) is 0 Å². The second kappa shape index (κ2) is 8.32. The van der Waals surface area contributed by atoms with Crippen LogP contribution >= 0.6 is 11.3 Å². The standard InChI is InChI=1S/C15H22N6O2S/c1-2-20(8-9-21-7-4-6-16-21)11-13(22)17-15-19-18-14(24-15)12-5-3-10-23-12/h4,6-7,12H,2-3,5,8-11H2,1H3,(H,17,19,22). The number of carbonyl (C=O) groups is 1. The lowest BCUT2D eigenvalue weighted by atomic mass is 10.2. The van der Waals surface area contributed by atoms with Gasteiger partial charge in [0.2, 0.25) is 11.0 Å². The Labute approximate surface area is 144 Å². The molecule has 0 radical (unpaired) electrons. The van der Waals surface area contributed by atoms with Crippen LogP contribution in [-0.4, -0.2) is 57.0 Å². The molecule has 0 aromatic carbocycles. The van der Waals surface area contributed by atoms with E-state index in [-0.39, 0.29) is 12.0 Å². The third kappa shape index (κ3) is 4.59. The molecule has 130 valence electrons. The van der Waals surface area contributed by atoms with Crippen LogP contribution < -0.4 is 5.32 Å². The monoisotopic (exact) mass is 350 g/mol. The van der Waals surface area contributed by atoms with Crippen molar-refractivity contribution in [2.75, 3.05) is 31.6 Å². The SMILES string of the molecule is CCN(CCn1cccn1)CC(=O)Nc1nnc(C2CCCO2)s1. The molecule has 1 atom stereocenters. The molecular formula is C15H22N6O2S. The minimum atomic E-state index is -0.0765. The summed E-state index contributed by atoms with van der Waals surface area (Å²) < 4.78 is 7.45. The molecule has 3 rings (SSSR count). The number of nitrogens with one attached hydrogen (secondary N) is 1. The highest BCUT2D eigenvalue weighted by Gasteiger charge is 2.22. The molecule has 1 amide bonds. The van der Waals surface area contributed by atoms with Crippen LogP contribution in [0.4, 0.5) is 5.13 Å². The summed E-state index contributed by atoms with van der Waals surface area (Å²) in [6.45, 7) is 5.46. The first kappa shape index (κ1) is 17.0. The van der Waals surface area contributed by atoms with Gasteiger partial charge >= 0.3 is 0 Å². The molecule has 0 bridgehead atoms. The van der Waals surface area contributed by atoms with E-state index in [1.54, 1.807) is 6.20 Å². The first-order chi connectivity index (χ1) is 11.7. The van der Waals surface area contributed by atoms with Gasteiger partial charge in [-0.05, 0) is 25.5 Å². The average Bonchev–Trinajstić information content (AvgIpc) is 3.32. The minimum Gasteiger partial charge on any atom is -0.371 e. The Morgan fingerprint density at radius 1 is 1.54 bits per heavy atom. The quantitative estimate of drug-likeness (QED) is 0.777. The highest BCUT2D eigenvalue weighted by atomic mass is 32.1. The molecule has 2 aromatic heterocycles. The summed E-state index contributed by atoms with van der Waals surface area (Å²) in [5.74, 6) is -0.0765. The number of hydrogen-bond donors (Lipinski definition) is 1. The average molecular weight is 350 g/mol. The summed E-state index contributed by atoms with van der Waals surface area (Å²) in [6.07, 6.45) is 5.73. The van der Waals surface area contributed by atoms with E-state index in [0.29, 0.717) is 11.7 Å². The first-order valence-electron chi connectivity index (χ1n) is 8.19. The van der Waals surface area contributed by atoms with Crippen molar-refractivity contribution in [2.45, 2.75) is 32.4 Å². The number of hydrogen-bond acceptors (Lipinski definition) is 7. The minimum absolute atomic E-state index is 0.0364. The van der Waals surface area contributed by atoms with Crippen LogP contribution in [0.15, 0.2) is 18.5 Å². The molecule has 2 aromatic rings. The summed E-state index contributed by atoms with van der Waals surface area (Å²) in [5.41, 5.74) is 0. The Balaban J connectivity index is 1.46. The van der Waals surface area contributed by atoms with Gasteiger partial charge in [0.1, 0.15) is 11.1 Å². The predicted molar refractivity (Wildman–Crippen MR) is 90.8 cm³/mol. The van der Waals surface area contributed by atoms with Gasteiger partial charge in [-0.1, -0.05) is 18.3 Å². The zero-order valence-corrected chi connectivity index (χ0v) is 14.5. The maximum Gasteiger partial charge on any atom is 0.240 e. The molecule has 1 fully saturated rings. The van der Waals surface area contributed by atoms with E-state index in [9.17, 15) is 4.79 Å². The predicted octanol–water partition coefficient (Wildman–Crippen LogP) is 1.55. The number of nitrogens with zero attached hydrogens (tertiary/aromatic N) is 5. The Bertz CT molecular complexity index is 638. The second-order valence-electron chi connectivity index (χ2n) is 5.63. The van der Waals surface area contributed by atoms with E-state index in [4.69, 9.17) is 4.74 Å². The summed E-state index contributed by atoms with van der Waals surface area (Å²) >= 11 is 1.39. The van der Waals surface area contributed by atoms with Gasteiger partial charge < -0.3 is 4.74 Å². The summed E-state index contributed by atoms with van der Waals surface area (Å²) in [4.78, 5) is 14.3. The number of anilines is 1. The Morgan fingerprint density at radius 3 is 3.17 bits per heavy atom. The molecule has 0 aliphatic carbocycles. The lowest BCUT2D eigenvalue weighted by Crippen LogP contribution is -2.35. The largest absolute Gasteiger partial charge is 0.371 e. The topological polar surface area (TPSA) is 85.2 Å². The number of likely N-dealkylation sites (N-methyl/N-ethyl adjacent to an activating group) is 1. The van der Waals surface area contributed by atoms with E-state index >= 15 is 0 Å². The lowest BCUT2D eigenvalue weighted by molar-refractivity contribution is -0.117. The van der Waals surface area contributed by atoms with Gasteiger partial charge in [0.15, 0.2) is 0 Å². The van der Waals surface area contributed by atoms with Crippen LogP contribution in [0.2, 0.25) is 0 Å². The molecule has 1 unspecified atom stereocenters. The molecule has 9 heteroatoms. The van der Waals surface area contributed by atoms with Crippen molar-refractivity contribution < 1.29 is 9.53 Å². The molecule has 8 nitrogen and oxygen atoms in total. The molecule has 1 saturated heterocycles. The first-order valence-corrected chi connectivity index (χ1v) is 9.01. The van der Waals surface area contributed by atoms with Crippen LogP contribution in [0.1, 0.15) is 30.9 Å². The number of ether oxygens (including phenoxy) is 1. The smallest absolute Gasteiger partial charge is 0.240 e. The molecule has 1 aliphatic heterocycles. The second-order valence-corrected chi connectivity index (χ2v) is 6.64. The van der Waals surface area contributed by atoms with Gasteiger partial charge in [-0.2, -0.15) is 5.10 Å². The molecule has 1 aliphatic rings. The van der Waals surface area contributed by atoms with E-state index in [0.717, 1.165) is 44.1 Å². The maximum absolute atomic E-state index is 12.2. The number of rotatable bonds is 8. The Morgan fingerprint density at radius 2 is 2.46 bits per heavy atom. The summed E-state index contributed by atoms with van der Waals surface area (Å²) in [6, 6.07) is 1.89. The van der Waals surface area contributed by atoms with Gasteiger partial charge in [0, 0.05) is 25.5 Å². The van der Waals surface area contributed by atoms with Gasteiger partial charge in [0.05, 0.1) is 13.1 Å². The van der Waals surface area contributed by atoms with Gasteiger partial charge in [-0.25, -0.2) is 0 Å². The van der Waals surface area contributed by atoms with Gasteiger partial charge in [-0.3, -0.25) is 19.7 Å². The molecular weight excluding hydrogens is 328 g/mol. The zero-order chi connectivity index (χ0) is 16.8. The van der Waals surface area contributed by atoms with Crippen LogP contribution in [0.25, 0.3) is 0 Å². The number of aromatic nitrogens is 4. The van der Waals surface area contributed by atoms with Crippen LogP contribution in [0, 0.1) is 0 Å². The molecule has 1 N–H and O–H groups in total. The summed E-state index contributed by atoms with van der Waals surface area (Å²) in [7, 11) is 0. The molecule has 24 heavy (non-hydrogen) atoms. The van der Waals surface area contributed by atoms with E-state index in [1.807, 2.05) is 23.9 Å². The Kier molecular flexibility index (Phi) is 5.89. The molecule has 3 heterocycles. The van der Waals surface area contributed by atoms with Crippen molar-refractivity contribution in [3.63, 3.8) is 0 Å². The summed E-state index contributed by atoms with van der Waals surface area (Å²) in [5, 5.41) is 16.5. The molecule has 0 spiro atoms. The van der Waals surface area contributed by atoms with Gasteiger partial charge in [-0.15, -0.1) is 10.2 Å². The number of amides is 1. The van der Waals surface area contributed by atoms with E-state index in [2.05, 4.69) is 25.5 Å². The van der Waals surface area contributed by atoms with Crippen molar-refractivity contribution in [1.82, 2.24) is 24.9 Å². The fourth-order valence-corrected chi connectivity index (χ4v) is 3.42. The van der Waals surface area contributed by atoms with Crippen LogP contribution in [0.3, 0.4) is 0 Å². The highest BCUT2D eigenvalue weighted by molar-refractivity contribution is 7.15. The van der Waals surface area contributed by atoms with E-state index in [1.165, 1.54) is 11.3 Å². The maximum atomic E-state index is 12.2. The van der Waals surface area contributed by atoms with Crippen LogP contribution in [0.5, 0.6) is 0 Å². The third-order valence-electron chi connectivity index (χ3n) is 3.91. The number of carbonyl (C=O) groups excluding carboxylic acids is 1. The lowest BCUT2D eigenvalue weighted by Gasteiger charge is -2.19. The normalized spacial score (nSPS) is 17.5. The van der Waals surface area contributed by atoms with Crippen molar-refractivity contribution >= 4 is 22.4 Å². The van der Waals surface area contributed by atoms with Crippen LogP contribution in [-0.2, 0) is 16.1 Å². The third-order valence-corrected chi connectivity index (χ3v) is 4.84. The van der Waals surface area contributed by atoms with Crippen molar-refractivity contribution in [3.05, 3.63) is 23.5 Å². The molecule has 0 saturated carbocycles.